The average molecular weight is 338 g/mol. The van der Waals surface area contributed by atoms with Crippen molar-refractivity contribution >= 4 is 17.8 Å². The van der Waals surface area contributed by atoms with Gasteiger partial charge in [0.2, 0.25) is 0 Å². The maximum Gasteiger partial charge on any atom is 0.355 e. The van der Waals surface area contributed by atoms with Crippen molar-refractivity contribution in [3.05, 3.63) is 22.5 Å². The molecule has 1 fully saturated rings. The van der Waals surface area contributed by atoms with Crippen LogP contribution in [-0.4, -0.2) is 67.2 Å². The highest BCUT2D eigenvalue weighted by Crippen LogP contribution is 2.20. The van der Waals surface area contributed by atoms with E-state index in [4.69, 9.17) is 14.2 Å². The molecule has 24 heavy (non-hydrogen) atoms. The maximum atomic E-state index is 12.3. The van der Waals surface area contributed by atoms with E-state index in [1.807, 2.05) is 0 Å². The van der Waals surface area contributed by atoms with Crippen LogP contribution in [0.4, 0.5) is 0 Å². The molecule has 1 aliphatic rings. The van der Waals surface area contributed by atoms with Crippen molar-refractivity contribution in [1.29, 1.82) is 0 Å². The van der Waals surface area contributed by atoms with Crippen LogP contribution in [-0.2, 0) is 19.0 Å². The summed E-state index contributed by atoms with van der Waals surface area (Å²) in [5.41, 5.74) is 1.40. The number of nitrogens with zero attached hydrogens (tertiary/aromatic N) is 1. The number of hydrogen-bond acceptors (Lipinski definition) is 6. The fraction of sp³-hybridized carbons (Fsp3) is 0.562. The van der Waals surface area contributed by atoms with Gasteiger partial charge >= 0.3 is 11.9 Å². The molecule has 1 aromatic rings. The minimum Gasteiger partial charge on any atom is -0.465 e. The van der Waals surface area contributed by atoms with Gasteiger partial charge in [-0.1, -0.05) is 0 Å². The molecular formula is C16H22N2O6. The van der Waals surface area contributed by atoms with E-state index in [1.165, 1.54) is 14.0 Å². The van der Waals surface area contributed by atoms with Crippen LogP contribution < -0.4 is 0 Å². The number of esters is 2. The van der Waals surface area contributed by atoms with E-state index in [9.17, 15) is 14.4 Å². The molecule has 2 heterocycles. The van der Waals surface area contributed by atoms with E-state index in [0.29, 0.717) is 43.1 Å². The number of ether oxygens (including phenoxy) is 3. The number of aryl methyl sites for hydroxylation is 1. The lowest BCUT2D eigenvalue weighted by Crippen LogP contribution is -2.46. The molecule has 8 heteroatoms. The quantitative estimate of drug-likeness (QED) is 0.816. The Hall–Kier alpha value is -2.35. The Balaban J connectivity index is 2.09. The molecule has 132 valence electrons. The van der Waals surface area contributed by atoms with E-state index in [2.05, 4.69) is 4.98 Å². The predicted molar refractivity (Wildman–Crippen MR) is 83.9 cm³/mol. The van der Waals surface area contributed by atoms with E-state index in [0.717, 1.165) is 0 Å². The Kier molecular flexibility index (Phi) is 5.61. The maximum absolute atomic E-state index is 12.3. The van der Waals surface area contributed by atoms with Crippen LogP contribution >= 0.6 is 0 Å². The number of carbonyl (C=O) groups excluding carboxylic acids is 3. The van der Waals surface area contributed by atoms with Gasteiger partial charge in [-0.3, -0.25) is 4.79 Å². The predicted octanol–water partition coefficient (Wildman–Crippen LogP) is 0.822. The number of aromatic amines is 1. The van der Waals surface area contributed by atoms with E-state index in [-0.39, 0.29) is 11.6 Å². The minimum absolute atomic E-state index is 0.148. The summed E-state index contributed by atoms with van der Waals surface area (Å²) in [5.74, 6) is -1.47. The number of morpholine rings is 1. The van der Waals surface area contributed by atoms with Crippen LogP contribution in [0.25, 0.3) is 0 Å². The molecule has 0 bridgehead atoms. The van der Waals surface area contributed by atoms with Crippen LogP contribution in [0.3, 0.4) is 0 Å². The minimum atomic E-state index is -0.916. The zero-order chi connectivity index (χ0) is 17.9. The molecule has 1 saturated heterocycles. The molecule has 0 unspecified atom stereocenters. The topological polar surface area (TPSA) is 97.9 Å². The normalized spacial score (nSPS) is 15.8. The second kappa shape index (κ2) is 7.48. The van der Waals surface area contributed by atoms with Crippen molar-refractivity contribution in [3.63, 3.8) is 0 Å². The molecule has 0 radical (unpaired) electrons. The Labute approximate surface area is 140 Å². The number of rotatable bonds is 4. The number of amides is 1. The Morgan fingerprint density at radius 3 is 2.38 bits per heavy atom. The largest absolute Gasteiger partial charge is 0.465 e. The molecule has 0 spiro atoms. The van der Waals surface area contributed by atoms with E-state index >= 15 is 0 Å². The van der Waals surface area contributed by atoms with Crippen LogP contribution in [0.15, 0.2) is 0 Å². The first-order valence-electron chi connectivity index (χ1n) is 7.71. The number of hydrogen-bond donors (Lipinski definition) is 1. The smallest absolute Gasteiger partial charge is 0.355 e. The van der Waals surface area contributed by atoms with Gasteiger partial charge in [-0.25, -0.2) is 9.59 Å². The van der Waals surface area contributed by atoms with Gasteiger partial charge in [-0.15, -0.1) is 0 Å². The molecular weight excluding hydrogens is 316 g/mol. The van der Waals surface area contributed by atoms with Crippen molar-refractivity contribution in [1.82, 2.24) is 9.88 Å². The number of aromatic nitrogens is 1. The summed E-state index contributed by atoms with van der Waals surface area (Å²) in [6, 6.07) is 0. The summed E-state index contributed by atoms with van der Waals surface area (Å²) >= 11 is 0. The third-order valence-electron chi connectivity index (χ3n) is 3.99. The third-order valence-corrected chi connectivity index (χ3v) is 3.99. The highest BCUT2D eigenvalue weighted by Gasteiger charge is 2.28. The van der Waals surface area contributed by atoms with Gasteiger partial charge in [0.15, 0.2) is 6.10 Å². The molecule has 0 saturated carbocycles. The Bertz CT molecular complexity index is 645. The second-order valence-electron chi connectivity index (χ2n) is 5.60. The lowest BCUT2D eigenvalue weighted by Gasteiger charge is -2.28. The molecule has 2 rings (SSSR count). The summed E-state index contributed by atoms with van der Waals surface area (Å²) in [7, 11) is 1.27. The number of H-pyrrole nitrogens is 1. The molecule has 1 atom stereocenters. The molecule has 1 amide bonds. The SMILES string of the molecule is COC(=O)c1c(C)[nH]c(C(=O)O[C@@H](C)C(=O)N2CCOCC2)c1C. The molecule has 8 nitrogen and oxygen atoms in total. The first-order chi connectivity index (χ1) is 11.4. The van der Waals surface area contributed by atoms with Crippen LogP contribution in [0.1, 0.15) is 39.0 Å². The molecule has 1 aromatic heterocycles. The Morgan fingerprint density at radius 2 is 1.79 bits per heavy atom. The fourth-order valence-electron chi connectivity index (χ4n) is 2.67. The van der Waals surface area contributed by atoms with Crippen molar-refractivity contribution < 1.29 is 28.6 Å². The molecule has 0 aliphatic carbocycles. The number of nitrogens with one attached hydrogen (secondary N) is 1. The summed E-state index contributed by atoms with van der Waals surface area (Å²) in [6.07, 6.45) is -0.916. The van der Waals surface area contributed by atoms with E-state index < -0.39 is 18.0 Å². The van der Waals surface area contributed by atoms with Crippen LogP contribution in [0.5, 0.6) is 0 Å². The van der Waals surface area contributed by atoms with Gasteiger partial charge < -0.3 is 24.1 Å². The van der Waals surface area contributed by atoms with Crippen LogP contribution in [0.2, 0.25) is 0 Å². The average Bonchev–Trinajstić information content (AvgIpc) is 2.88. The van der Waals surface area contributed by atoms with Gasteiger partial charge in [0.25, 0.3) is 5.91 Å². The first kappa shape index (κ1) is 18.0. The van der Waals surface area contributed by atoms with Crippen molar-refractivity contribution in [2.75, 3.05) is 33.4 Å². The number of carbonyl (C=O) groups is 3. The van der Waals surface area contributed by atoms with Gasteiger partial charge in [0.05, 0.1) is 25.9 Å². The molecule has 1 aliphatic heterocycles. The summed E-state index contributed by atoms with van der Waals surface area (Å²) in [6.45, 7) is 6.73. The van der Waals surface area contributed by atoms with Gasteiger partial charge in [0, 0.05) is 18.8 Å². The molecule has 0 aromatic carbocycles. The fourth-order valence-corrected chi connectivity index (χ4v) is 2.67. The van der Waals surface area contributed by atoms with Crippen molar-refractivity contribution in [2.45, 2.75) is 26.9 Å². The summed E-state index contributed by atoms with van der Waals surface area (Å²) < 4.78 is 15.2. The second-order valence-corrected chi connectivity index (χ2v) is 5.60. The van der Waals surface area contributed by atoms with Crippen LogP contribution in [0, 0.1) is 13.8 Å². The Morgan fingerprint density at radius 1 is 1.17 bits per heavy atom. The monoisotopic (exact) mass is 338 g/mol. The summed E-state index contributed by atoms with van der Waals surface area (Å²) in [4.78, 5) is 40.8. The van der Waals surface area contributed by atoms with Crippen molar-refractivity contribution in [3.8, 4) is 0 Å². The lowest BCUT2D eigenvalue weighted by molar-refractivity contribution is -0.143. The van der Waals surface area contributed by atoms with E-state index in [1.54, 1.807) is 18.7 Å². The summed E-state index contributed by atoms with van der Waals surface area (Å²) in [5, 5.41) is 0. The third kappa shape index (κ3) is 3.59. The highest BCUT2D eigenvalue weighted by molar-refractivity contribution is 5.99. The zero-order valence-electron chi connectivity index (χ0n) is 14.3. The molecule has 1 N–H and O–H groups in total. The van der Waals surface area contributed by atoms with Gasteiger partial charge in [0.1, 0.15) is 5.69 Å². The number of methoxy groups -OCH3 is 1. The zero-order valence-corrected chi connectivity index (χ0v) is 14.3. The van der Waals surface area contributed by atoms with Crippen molar-refractivity contribution in [2.24, 2.45) is 0 Å². The standard InChI is InChI=1S/C16H22N2O6/c1-9-12(15(20)22-4)10(2)17-13(9)16(21)24-11(3)14(19)18-5-7-23-8-6-18/h11,17H,5-8H2,1-4H3/t11-/m0/s1. The van der Waals surface area contributed by atoms with Gasteiger partial charge in [-0.05, 0) is 26.3 Å². The first-order valence-corrected chi connectivity index (χ1v) is 7.71. The van der Waals surface area contributed by atoms with Gasteiger partial charge in [-0.2, -0.15) is 0 Å². The highest BCUT2D eigenvalue weighted by atomic mass is 16.5. The lowest BCUT2D eigenvalue weighted by atomic mass is 10.1.